The van der Waals surface area contributed by atoms with Gasteiger partial charge in [-0.3, -0.25) is 24.5 Å². The van der Waals surface area contributed by atoms with E-state index in [1.807, 2.05) is 0 Å². The average molecular weight is 471 g/mol. The van der Waals surface area contributed by atoms with E-state index in [1.165, 1.54) is 23.8 Å². The number of nitrogens with zero attached hydrogens (tertiary/aromatic N) is 4. The summed E-state index contributed by atoms with van der Waals surface area (Å²) in [6.45, 7) is 1.63. The fourth-order valence-corrected chi connectivity index (χ4v) is 4.69. The van der Waals surface area contributed by atoms with Crippen LogP contribution in [0.25, 0.3) is 6.08 Å². The van der Waals surface area contributed by atoms with Gasteiger partial charge >= 0.3 is 5.97 Å². The van der Waals surface area contributed by atoms with Crippen LogP contribution in [0.5, 0.6) is 0 Å². The minimum absolute atomic E-state index is 0.0517. The molecule has 3 heterocycles. The minimum atomic E-state index is -0.964. The average Bonchev–Trinajstić information content (AvgIpc) is 3.07. The molecule has 0 saturated heterocycles. The number of nitro groups is 1. The smallest absolute Gasteiger partial charge is 0.338 e. The molecule has 3 aromatic rings. The molecule has 0 bridgehead atoms. The van der Waals surface area contributed by atoms with Crippen molar-refractivity contribution >= 4 is 40.7 Å². The summed E-state index contributed by atoms with van der Waals surface area (Å²) in [4.78, 5) is 45.6. The van der Waals surface area contributed by atoms with E-state index in [0.29, 0.717) is 20.6 Å². The summed E-state index contributed by atoms with van der Waals surface area (Å²) in [6, 6.07) is 6.71. The lowest BCUT2D eigenvalue weighted by Crippen LogP contribution is -2.39. The molecule has 1 unspecified atom stereocenters. The summed E-state index contributed by atoms with van der Waals surface area (Å²) in [7, 11) is 1.22. The highest BCUT2D eigenvalue weighted by Gasteiger charge is 2.34. The van der Waals surface area contributed by atoms with E-state index in [4.69, 9.17) is 16.3 Å². The van der Waals surface area contributed by atoms with Crippen molar-refractivity contribution in [1.82, 2.24) is 9.55 Å². The Balaban J connectivity index is 2.01. The number of aromatic nitrogens is 2. The molecule has 1 aromatic carbocycles. The van der Waals surface area contributed by atoms with Crippen LogP contribution in [0.4, 0.5) is 5.69 Å². The summed E-state index contributed by atoms with van der Waals surface area (Å²) in [5.41, 5.74) is 0.868. The molecular formula is C21H15ClN4O5S. The number of halogens is 1. The van der Waals surface area contributed by atoms with Crippen LogP contribution < -0.4 is 14.9 Å². The van der Waals surface area contributed by atoms with E-state index in [0.717, 1.165) is 16.9 Å². The molecule has 0 fully saturated rings. The van der Waals surface area contributed by atoms with E-state index in [2.05, 4.69) is 9.98 Å². The van der Waals surface area contributed by atoms with Crippen molar-refractivity contribution < 1.29 is 14.5 Å². The Bertz CT molecular complexity index is 1460. The van der Waals surface area contributed by atoms with Crippen molar-refractivity contribution in [1.29, 1.82) is 0 Å². The van der Waals surface area contributed by atoms with E-state index in [1.54, 1.807) is 43.6 Å². The lowest BCUT2D eigenvalue weighted by atomic mass is 9.95. The van der Waals surface area contributed by atoms with Crippen LogP contribution in [-0.2, 0) is 9.53 Å². The Hall–Kier alpha value is -3.63. The second kappa shape index (κ2) is 8.48. The van der Waals surface area contributed by atoms with Gasteiger partial charge in [0, 0.05) is 18.5 Å². The first-order chi connectivity index (χ1) is 15.3. The maximum absolute atomic E-state index is 13.4. The topological polar surface area (TPSA) is 117 Å². The monoisotopic (exact) mass is 470 g/mol. The quantitative estimate of drug-likeness (QED) is 0.328. The first-order valence-electron chi connectivity index (χ1n) is 9.26. The number of benzene rings is 1. The van der Waals surface area contributed by atoms with Gasteiger partial charge in [-0.05, 0) is 42.3 Å². The third kappa shape index (κ3) is 3.74. The SMILES string of the molecule is COC(=O)C1=C(C)N=c2sc(=Cc3ccncc3)c(=O)n2C1c1ccc(Cl)c([N+](=O)[O-])c1. The van der Waals surface area contributed by atoms with Gasteiger partial charge in [0.25, 0.3) is 11.2 Å². The number of pyridine rings is 1. The van der Waals surface area contributed by atoms with E-state index >= 15 is 0 Å². The van der Waals surface area contributed by atoms with E-state index in [-0.39, 0.29) is 21.8 Å². The van der Waals surface area contributed by atoms with Gasteiger partial charge in [0.15, 0.2) is 4.80 Å². The number of esters is 1. The lowest BCUT2D eigenvalue weighted by molar-refractivity contribution is -0.384. The molecule has 9 nitrogen and oxygen atoms in total. The van der Waals surface area contributed by atoms with Gasteiger partial charge in [-0.1, -0.05) is 29.0 Å². The standard InChI is InChI=1S/C21H15ClN4O5S/c1-11-17(20(28)31-2)18(13-3-4-14(22)15(10-13)26(29)30)25-19(27)16(32-21(25)24-11)9-12-5-7-23-8-6-12/h3-10,18H,1-2H3. The highest BCUT2D eigenvalue weighted by atomic mass is 35.5. The first-order valence-corrected chi connectivity index (χ1v) is 10.5. The second-order valence-corrected chi connectivity index (χ2v) is 8.24. The molecule has 32 heavy (non-hydrogen) atoms. The molecule has 0 aliphatic carbocycles. The second-order valence-electron chi connectivity index (χ2n) is 6.82. The van der Waals surface area contributed by atoms with Crippen LogP contribution in [0.15, 0.2) is 63.8 Å². The number of allylic oxidation sites excluding steroid dienone is 1. The molecule has 0 amide bonds. The van der Waals surface area contributed by atoms with Gasteiger partial charge in [0.05, 0.1) is 33.9 Å². The molecule has 1 atom stereocenters. The zero-order valence-electron chi connectivity index (χ0n) is 16.8. The number of nitro benzene ring substituents is 1. The third-order valence-electron chi connectivity index (χ3n) is 4.91. The largest absolute Gasteiger partial charge is 0.466 e. The molecule has 4 rings (SSSR count). The van der Waals surface area contributed by atoms with Crippen molar-refractivity contribution in [3.8, 4) is 0 Å². The summed E-state index contributed by atoms with van der Waals surface area (Å²) in [6.07, 6.45) is 4.92. The number of rotatable bonds is 4. The number of carbonyl (C=O) groups excluding carboxylic acids is 1. The van der Waals surface area contributed by atoms with Gasteiger partial charge in [0.1, 0.15) is 5.02 Å². The van der Waals surface area contributed by atoms with Crippen LogP contribution >= 0.6 is 22.9 Å². The number of methoxy groups -OCH3 is 1. The number of thiazole rings is 1. The van der Waals surface area contributed by atoms with Gasteiger partial charge in [0.2, 0.25) is 0 Å². The zero-order chi connectivity index (χ0) is 23.0. The predicted molar refractivity (Wildman–Crippen MR) is 118 cm³/mol. The molecule has 162 valence electrons. The molecule has 1 aliphatic rings. The Morgan fingerprint density at radius 3 is 2.69 bits per heavy atom. The fourth-order valence-electron chi connectivity index (χ4n) is 3.46. The normalized spacial score (nSPS) is 15.8. The first kappa shape index (κ1) is 21.6. The Labute approximate surface area is 189 Å². The van der Waals surface area contributed by atoms with E-state index < -0.39 is 16.9 Å². The van der Waals surface area contributed by atoms with Gasteiger partial charge in [-0.25, -0.2) is 9.79 Å². The van der Waals surface area contributed by atoms with Crippen LogP contribution in [0.1, 0.15) is 24.1 Å². The summed E-state index contributed by atoms with van der Waals surface area (Å²) in [5.74, 6) is -0.683. The van der Waals surface area contributed by atoms with Crippen LogP contribution in [0, 0.1) is 10.1 Å². The maximum Gasteiger partial charge on any atom is 0.338 e. The Kier molecular flexibility index (Phi) is 5.72. The molecule has 0 N–H and O–H groups in total. The number of fused-ring (bicyclic) bond motifs is 1. The lowest BCUT2D eigenvalue weighted by Gasteiger charge is -2.24. The molecule has 2 aromatic heterocycles. The Morgan fingerprint density at radius 1 is 1.31 bits per heavy atom. The molecule has 0 spiro atoms. The van der Waals surface area contributed by atoms with Crippen molar-refractivity contribution in [3.05, 3.63) is 99.9 Å². The van der Waals surface area contributed by atoms with E-state index in [9.17, 15) is 19.7 Å². The fraction of sp³-hybridized carbons (Fsp3) is 0.143. The van der Waals surface area contributed by atoms with Crippen LogP contribution in [-0.4, -0.2) is 27.6 Å². The number of hydrogen-bond donors (Lipinski definition) is 0. The van der Waals surface area contributed by atoms with Crippen molar-refractivity contribution in [2.75, 3.05) is 7.11 Å². The number of hydrogen-bond acceptors (Lipinski definition) is 8. The van der Waals surface area contributed by atoms with Crippen molar-refractivity contribution in [3.63, 3.8) is 0 Å². The van der Waals surface area contributed by atoms with Gasteiger partial charge < -0.3 is 4.74 Å². The Morgan fingerprint density at radius 2 is 2.03 bits per heavy atom. The summed E-state index contributed by atoms with van der Waals surface area (Å²) >= 11 is 7.13. The van der Waals surface area contributed by atoms with Gasteiger partial charge in [-0.15, -0.1) is 0 Å². The highest BCUT2D eigenvalue weighted by molar-refractivity contribution is 7.07. The molecule has 0 saturated carbocycles. The summed E-state index contributed by atoms with van der Waals surface area (Å²) < 4.78 is 6.67. The van der Waals surface area contributed by atoms with Crippen LogP contribution in [0.3, 0.4) is 0 Å². The van der Waals surface area contributed by atoms with Crippen molar-refractivity contribution in [2.24, 2.45) is 4.99 Å². The molecule has 0 radical (unpaired) electrons. The van der Waals surface area contributed by atoms with Crippen LogP contribution in [0.2, 0.25) is 5.02 Å². The minimum Gasteiger partial charge on any atom is -0.466 e. The molecule has 11 heteroatoms. The summed E-state index contributed by atoms with van der Waals surface area (Å²) in [5, 5.41) is 11.4. The number of ether oxygens (including phenoxy) is 1. The number of carbonyl (C=O) groups is 1. The molecular weight excluding hydrogens is 456 g/mol. The maximum atomic E-state index is 13.4. The highest BCUT2D eigenvalue weighted by Crippen LogP contribution is 2.34. The zero-order valence-corrected chi connectivity index (χ0v) is 18.4. The molecule has 1 aliphatic heterocycles. The third-order valence-corrected chi connectivity index (χ3v) is 6.22. The predicted octanol–water partition coefficient (Wildman–Crippen LogP) is 2.36. The van der Waals surface area contributed by atoms with Crippen molar-refractivity contribution in [2.45, 2.75) is 13.0 Å². The van der Waals surface area contributed by atoms with Gasteiger partial charge in [-0.2, -0.15) is 0 Å².